The number of halogens is 2. The highest BCUT2D eigenvalue weighted by atomic mass is 79.9. The molecule has 0 spiro atoms. The largest absolute Gasteiger partial charge is 0.330 e. The molecule has 156 valence electrons. The Morgan fingerprint density at radius 1 is 1.23 bits per heavy atom. The second-order valence-corrected chi connectivity index (χ2v) is 9.78. The van der Waals surface area contributed by atoms with Crippen LogP contribution in [0.5, 0.6) is 0 Å². The molecule has 0 aromatic carbocycles. The van der Waals surface area contributed by atoms with E-state index in [2.05, 4.69) is 57.1 Å². The minimum Gasteiger partial charge on any atom is -0.330 e. The molecule has 1 saturated heterocycles. The molecule has 8 nitrogen and oxygen atoms in total. The van der Waals surface area contributed by atoms with Crippen LogP contribution in [0.3, 0.4) is 0 Å². The van der Waals surface area contributed by atoms with Crippen molar-refractivity contribution in [2.75, 3.05) is 18.4 Å². The fraction of sp³-hybridized carbons (Fsp3) is 0.368. The third-order valence-corrected chi connectivity index (χ3v) is 7.84. The van der Waals surface area contributed by atoms with Crippen molar-refractivity contribution in [1.82, 2.24) is 34.1 Å². The Morgan fingerprint density at radius 3 is 2.73 bits per heavy atom. The molecule has 4 aromatic rings. The summed E-state index contributed by atoms with van der Waals surface area (Å²) in [5, 5.41) is 17.0. The predicted molar refractivity (Wildman–Crippen MR) is 126 cm³/mol. The molecular formula is C19H20Br2N8S. The van der Waals surface area contributed by atoms with Gasteiger partial charge in [0, 0.05) is 25.1 Å². The van der Waals surface area contributed by atoms with Crippen LogP contribution in [0.2, 0.25) is 0 Å². The number of aromatic nitrogens is 6. The van der Waals surface area contributed by atoms with Gasteiger partial charge in [-0.1, -0.05) is 0 Å². The lowest BCUT2D eigenvalue weighted by Crippen LogP contribution is -2.29. The summed E-state index contributed by atoms with van der Waals surface area (Å²) in [6.07, 6.45) is 5.93. The Morgan fingerprint density at radius 2 is 2.07 bits per heavy atom. The van der Waals surface area contributed by atoms with Gasteiger partial charge in [0.2, 0.25) is 0 Å². The van der Waals surface area contributed by atoms with Gasteiger partial charge in [0.15, 0.2) is 11.5 Å². The van der Waals surface area contributed by atoms with Crippen LogP contribution in [-0.4, -0.2) is 41.8 Å². The Labute approximate surface area is 194 Å². The maximum Gasteiger partial charge on any atom is 0.165 e. The van der Waals surface area contributed by atoms with Gasteiger partial charge in [-0.25, -0.2) is 4.98 Å². The van der Waals surface area contributed by atoms with Gasteiger partial charge in [0.05, 0.1) is 33.8 Å². The molecular weight excluding hydrogens is 532 g/mol. The molecule has 1 unspecified atom stereocenters. The van der Waals surface area contributed by atoms with Crippen LogP contribution in [-0.2, 0) is 7.05 Å². The van der Waals surface area contributed by atoms with E-state index in [-0.39, 0.29) is 0 Å². The number of nitrogens with zero attached hydrogens (tertiary/aromatic N) is 6. The van der Waals surface area contributed by atoms with Crippen molar-refractivity contribution in [3.8, 4) is 11.1 Å². The van der Waals surface area contributed by atoms with E-state index in [0.29, 0.717) is 5.92 Å². The fourth-order valence-electron chi connectivity index (χ4n) is 3.79. The third-order valence-electron chi connectivity index (χ3n) is 5.32. The first-order chi connectivity index (χ1) is 14.5. The molecule has 0 saturated carbocycles. The smallest absolute Gasteiger partial charge is 0.165 e. The van der Waals surface area contributed by atoms with E-state index in [1.807, 2.05) is 36.9 Å². The number of rotatable bonds is 4. The van der Waals surface area contributed by atoms with Crippen LogP contribution in [0, 0.1) is 6.92 Å². The summed E-state index contributed by atoms with van der Waals surface area (Å²) >= 11 is 8.90. The summed E-state index contributed by atoms with van der Waals surface area (Å²) in [5.74, 6) is 1.19. The highest BCUT2D eigenvalue weighted by Crippen LogP contribution is 2.39. The van der Waals surface area contributed by atoms with E-state index in [9.17, 15) is 0 Å². The minimum atomic E-state index is 0.335. The summed E-state index contributed by atoms with van der Waals surface area (Å²) in [4.78, 5) is 5.10. The van der Waals surface area contributed by atoms with Crippen molar-refractivity contribution >= 4 is 59.9 Å². The van der Waals surface area contributed by atoms with Gasteiger partial charge in [0.1, 0.15) is 9.60 Å². The molecule has 1 aliphatic rings. The number of nitrogens with one attached hydrogen (secondary N) is 2. The lowest BCUT2D eigenvalue weighted by molar-refractivity contribution is 0.453. The Bertz CT molecular complexity index is 1220. The first-order valence-electron chi connectivity index (χ1n) is 9.69. The molecule has 1 fully saturated rings. The van der Waals surface area contributed by atoms with E-state index in [1.54, 1.807) is 4.68 Å². The highest BCUT2D eigenvalue weighted by molar-refractivity contribution is 9.11. The van der Waals surface area contributed by atoms with Crippen molar-refractivity contribution in [3.05, 3.63) is 38.9 Å². The van der Waals surface area contributed by atoms with Crippen LogP contribution >= 0.6 is 43.4 Å². The zero-order valence-corrected chi connectivity index (χ0v) is 20.5. The van der Waals surface area contributed by atoms with Gasteiger partial charge in [-0.2, -0.15) is 19.1 Å². The van der Waals surface area contributed by atoms with Crippen LogP contribution in [0.4, 0.5) is 10.8 Å². The number of hydrogen-bond acceptors (Lipinski definition) is 7. The lowest BCUT2D eigenvalue weighted by Gasteiger charge is -2.24. The molecule has 2 N–H and O–H groups in total. The number of hydrogen-bond donors (Lipinski definition) is 2. The van der Waals surface area contributed by atoms with Gasteiger partial charge < -0.3 is 10.6 Å². The van der Waals surface area contributed by atoms with Crippen molar-refractivity contribution in [2.24, 2.45) is 7.05 Å². The quantitative estimate of drug-likeness (QED) is 0.384. The first-order valence-corrected chi connectivity index (χ1v) is 12.0. The van der Waals surface area contributed by atoms with Gasteiger partial charge in [-0.15, -0.1) is 0 Å². The summed E-state index contributed by atoms with van der Waals surface area (Å²) in [6, 6.07) is 2.04. The monoisotopic (exact) mass is 550 g/mol. The number of anilines is 2. The van der Waals surface area contributed by atoms with E-state index < -0.39 is 0 Å². The molecule has 5 rings (SSSR count). The number of piperidine rings is 1. The average Bonchev–Trinajstić information content (AvgIpc) is 3.44. The molecule has 4 aromatic heterocycles. The third kappa shape index (κ3) is 3.47. The van der Waals surface area contributed by atoms with Crippen LogP contribution < -0.4 is 10.6 Å². The Kier molecular flexibility index (Phi) is 5.38. The molecule has 0 radical (unpaired) electrons. The maximum atomic E-state index is 5.10. The standard InChI is InChI=1S/C19H20Br2N8S/c1-10-6-14(30-27-10)25-19-15(20)16(11-4-3-5-22-7-11)26-18-13(9-24-29(18)19)12-8-23-28(2)17(12)21/h6,8-9,11,22,25H,3-5,7H2,1-2H3. The Balaban J connectivity index is 1.71. The molecule has 0 aliphatic carbocycles. The second kappa shape index (κ2) is 8.03. The first kappa shape index (κ1) is 20.1. The van der Waals surface area contributed by atoms with Gasteiger partial charge in [-0.3, -0.25) is 4.68 Å². The zero-order valence-electron chi connectivity index (χ0n) is 16.5. The topological polar surface area (TPSA) is 85.0 Å². The normalized spacial score (nSPS) is 17.0. The van der Waals surface area contributed by atoms with E-state index in [1.165, 1.54) is 11.5 Å². The van der Waals surface area contributed by atoms with E-state index >= 15 is 0 Å². The van der Waals surface area contributed by atoms with Crippen molar-refractivity contribution < 1.29 is 0 Å². The van der Waals surface area contributed by atoms with Gasteiger partial charge in [-0.05, 0) is 75.8 Å². The van der Waals surface area contributed by atoms with Crippen LogP contribution in [0.1, 0.15) is 30.1 Å². The molecule has 5 heterocycles. The van der Waals surface area contributed by atoms with Gasteiger partial charge in [0.25, 0.3) is 0 Å². The van der Waals surface area contributed by atoms with Crippen LogP contribution in [0.15, 0.2) is 27.5 Å². The highest BCUT2D eigenvalue weighted by Gasteiger charge is 2.26. The van der Waals surface area contributed by atoms with E-state index in [4.69, 9.17) is 4.98 Å². The Hall–Kier alpha value is -1.82. The molecule has 30 heavy (non-hydrogen) atoms. The SMILES string of the molecule is Cc1cc(Nc2c(Br)c(C3CCCNC3)nc3c(-c4cnn(C)c4Br)cnn23)sn1. The number of aryl methyl sites for hydroxylation is 2. The number of fused-ring (bicyclic) bond motifs is 1. The van der Waals surface area contributed by atoms with Gasteiger partial charge >= 0.3 is 0 Å². The zero-order chi connectivity index (χ0) is 20.8. The maximum absolute atomic E-state index is 5.10. The van der Waals surface area contributed by atoms with Crippen LogP contribution in [0.25, 0.3) is 16.8 Å². The molecule has 1 aliphatic heterocycles. The summed E-state index contributed by atoms with van der Waals surface area (Å²) in [6.45, 7) is 3.97. The molecule has 1 atom stereocenters. The van der Waals surface area contributed by atoms with Crippen molar-refractivity contribution in [2.45, 2.75) is 25.7 Å². The second-order valence-electron chi connectivity index (χ2n) is 7.43. The van der Waals surface area contributed by atoms with Crippen molar-refractivity contribution in [1.29, 1.82) is 0 Å². The summed E-state index contributed by atoms with van der Waals surface area (Å²) in [7, 11) is 1.90. The lowest BCUT2D eigenvalue weighted by atomic mass is 9.96. The summed E-state index contributed by atoms with van der Waals surface area (Å²) < 4.78 is 9.88. The molecule has 11 heteroatoms. The molecule has 0 amide bonds. The minimum absolute atomic E-state index is 0.335. The summed E-state index contributed by atoms with van der Waals surface area (Å²) in [5.41, 5.74) is 4.74. The average molecular weight is 552 g/mol. The predicted octanol–water partition coefficient (Wildman–Crippen LogP) is 4.63. The van der Waals surface area contributed by atoms with E-state index in [0.717, 1.165) is 74.0 Å². The van der Waals surface area contributed by atoms with Crippen molar-refractivity contribution in [3.63, 3.8) is 0 Å². The fourth-order valence-corrected chi connectivity index (χ4v) is 5.53. The molecule has 0 bridgehead atoms.